The highest BCUT2D eigenvalue weighted by Gasteiger charge is 2.24. The van der Waals surface area contributed by atoms with Gasteiger partial charge in [-0.1, -0.05) is 6.92 Å². The van der Waals surface area contributed by atoms with E-state index in [1.54, 1.807) is 17.7 Å². The summed E-state index contributed by atoms with van der Waals surface area (Å²) in [4.78, 5) is 30.9. The molecule has 0 aliphatic carbocycles. The van der Waals surface area contributed by atoms with Crippen LogP contribution in [0.15, 0.2) is 24.5 Å². The van der Waals surface area contributed by atoms with E-state index in [9.17, 15) is 4.79 Å². The van der Waals surface area contributed by atoms with E-state index in [2.05, 4.69) is 30.4 Å². The number of ether oxygens (including phenoxy) is 1. The molecule has 0 spiro atoms. The van der Waals surface area contributed by atoms with Crippen LogP contribution in [0.3, 0.4) is 0 Å². The van der Waals surface area contributed by atoms with Crippen LogP contribution in [0, 0.1) is 0 Å². The van der Waals surface area contributed by atoms with E-state index in [4.69, 9.17) is 4.74 Å². The van der Waals surface area contributed by atoms with E-state index in [0.29, 0.717) is 6.42 Å². The summed E-state index contributed by atoms with van der Waals surface area (Å²) in [5.41, 5.74) is 4.00. The Morgan fingerprint density at radius 1 is 1.14 bits per heavy atom. The molecule has 1 aromatic carbocycles. The normalized spacial score (nSPS) is 16.5. The zero-order valence-corrected chi connectivity index (χ0v) is 22.9. The minimum atomic E-state index is -0.00826. The number of anilines is 4. The molecule has 4 heterocycles. The third-order valence-corrected chi connectivity index (χ3v) is 8.23. The number of hydrogen-bond donors (Lipinski definition) is 2. The molecular weight excluding hydrogens is 486 g/mol. The van der Waals surface area contributed by atoms with Crippen LogP contribution in [0.1, 0.15) is 30.2 Å². The number of morpholine rings is 1. The molecule has 0 unspecified atom stereocenters. The molecule has 0 saturated carbocycles. The number of carbonyl (C=O) groups excluding carboxylic acids is 1. The number of hydrogen-bond acceptors (Lipinski definition) is 9. The van der Waals surface area contributed by atoms with Crippen LogP contribution < -0.4 is 15.5 Å². The molecule has 2 N–H and O–H groups in total. The van der Waals surface area contributed by atoms with Crippen LogP contribution in [0.25, 0.3) is 10.2 Å². The lowest BCUT2D eigenvalue weighted by molar-refractivity contribution is -0.115. The van der Waals surface area contributed by atoms with E-state index in [0.717, 1.165) is 92.0 Å². The van der Waals surface area contributed by atoms with Gasteiger partial charge in [0, 0.05) is 57.3 Å². The predicted molar refractivity (Wildman–Crippen MR) is 151 cm³/mol. The summed E-state index contributed by atoms with van der Waals surface area (Å²) >= 11 is 1.79. The van der Waals surface area contributed by atoms with Crippen molar-refractivity contribution in [2.75, 3.05) is 75.6 Å². The highest BCUT2D eigenvalue weighted by molar-refractivity contribution is 7.19. The van der Waals surface area contributed by atoms with Crippen molar-refractivity contribution in [3.63, 3.8) is 0 Å². The third-order valence-electron chi connectivity index (χ3n) is 7.10. The molecule has 3 aromatic rings. The fraction of sp³-hybridized carbons (Fsp3) is 0.519. The maximum absolute atomic E-state index is 12.1. The molecule has 9 nitrogen and oxygen atoms in total. The van der Waals surface area contributed by atoms with Crippen LogP contribution >= 0.6 is 11.3 Å². The molecule has 5 rings (SSSR count). The van der Waals surface area contributed by atoms with Crippen molar-refractivity contribution in [2.45, 2.75) is 32.7 Å². The zero-order valence-electron chi connectivity index (χ0n) is 22.0. The molecule has 0 bridgehead atoms. The molecule has 1 amide bonds. The average molecular weight is 524 g/mol. The van der Waals surface area contributed by atoms with Crippen LogP contribution in [0.4, 0.5) is 22.9 Å². The highest BCUT2D eigenvalue weighted by atomic mass is 32.1. The van der Waals surface area contributed by atoms with Gasteiger partial charge in [-0.3, -0.25) is 14.6 Å². The molecule has 1 saturated heterocycles. The molecule has 2 aliphatic heterocycles. The van der Waals surface area contributed by atoms with Crippen molar-refractivity contribution < 1.29 is 9.53 Å². The third kappa shape index (κ3) is 6.04. The Balaban J connectivity index is 1.31. The lowest BCUT2D eigenvalue weighted by Gasteiger charge is -2.30. The van der Waals surface area contributed by atoms with Gasteiger partial charge in [-0.25, -0.2) is 9.97 Å². The first kappa shape index (κ1) is 25.8. The average Bonchev–Trinajstić information content (AvgIpc) is 3.28. The van der Waals surface area contributed by atoms with E-state index in [1.807, 2.05) is 44.1 Å². The Bertz CT molecular complexity index is 1240. The lowest BCUT2D eigenvalue weighted by Crippen LogP contribution is -2.38. The van der Waals surface area contributed by atoms with E-state index in [1.165, 1.54) is 16.9 Å². The quantitative estimate of drug-likeness (QED) is 0.436. The van der Waals surface area contributed by atoms with Gasteiger partial charge in [0.1, 0.15) is 17.0 Å². The fourth-order valence-electron chi connectivity index (χ4n) is 5.09. The summed E-state index contributed by atoms with van der Waals surface area (Å²) in [5.74, 6) is 0.819. The standard InChI is InChI=1S/C27H37N7O2S/c1-4-24(35)31-21-16-19(6-7-22(21)32(2)3)30-26-25-20-8-11-34(10-5-9-33-12-14-36-15-13-33)17-23(20)37-27(25)29-18-28-26/h6-7,16,18H,4-5,8-15,17H2,1-3H3,(H,31,35)(H,28,29,30). The first-order valence-electron chi connectivity index (χ1n) is 13.2. The molecule has 2 aliphatic rings. The zero-order chi connectivity index (χ0) is 25.8. The van der Waals surface area contributed by atoms with E-state index >= 15 is 0 Å². The van der Waals surface area contributed by atoms with Crippen molar-refractivity contribution in [3.8, 4) is 0 Å². The number of rotatable bonds is 9. The number of nitrogens with one attached hydrogen (secondary N) is 2. The largest absolute Gasteiger partial charge is 0.379 e. The van der Waals surface area contributed by atoms with E-state index < -0.39 is 0 Å². The summed E-state index contributed by atoms with van der Waals surface area (Å²) in [6.45, 7) is 9.98. The van der Waals surface area contributed by atoms with Crippen molar-refractivity contribution in [3.05, 3.63) is 35.0 Å². The molecule has 2 aromatic heterocycles. The smallest absolute Gasteiger partial charge is 0.224 e. The Labute approximate surface area is 222 Å². The number of aromatic nitrogens is 2. The molecule has 0 atom stereocenters. The number of thiophene rings is 1. The van der Waals surface area contributed by atoms with Crippen molar-refractivity contribution in [1.29, 1.82) is 0 Å². The fourth-order valence-corrected chi connectivity index (χ4v) is 6.32. The molecular formula is C27H37N7O2S. The van der Waals surface area contributed by atoms with Gasteiger partial charge < -0.3 is 20.3 Å². The monoisotopic (exact) mass is 523 g/mol. The number of nitrogens with zero attached hydrogens (tertiary/aromatic N) is 5. The SMILES string of the molecule is CCC(=O)Nc1cc(Nc2ncnc3sc4c(c23)CCN(CCCN2CCOCC2)C4)ccc1N(C)C. The minimum absolute atomic E-state index is 0.00826. The predicted octanol–water partition coefficient (Wildman–Crippen LogP) is 3.93. The Kier molecular flexibility index (Phi) is 8.19. The van der Waals surface area contributed by atoms with E-state index in [-0.39, 0.29) is 5.91 Å². The Hall–Kier alpha value is -2.79. The van der Waals surface area contributed by atoms with Crippen LogP contribution in [-0.2, 0) is 22.5 Å². The van der Waals surface area contributed by atoms with Crippen LogP contribution in [0.5, 0.6) is 0 Å². The van der Waals surface area contributed by atoms with Crippen molar-refractivity contribution in [1.82, 2.24) is 19.8 Å². The number of carbonyl (C=O) groups is 1. The minimum Gasteiger partial charge on any atom is -0.379 e. The van der Waals surface area contributed by atoms with Crippen molar-refractivity contribution >= 4 is 50.3 Å². The molecule has 37 heavy (non-hydrogen) atoms. The van der Waals surface area contributed by atoms with Gasteiger partial charge in [0.2, 0.25) is 5.91 Å². The summed E-state index contributed by atoms with van der Waals surface area (Å²) in [7, 11) is 3.95. The van der Waals surface area contributed by atoms with Gasteiger partial charge in [-0.05, 0) is 49.7 Å². The second-order valence-corrected chi connectivity index (χ2v) is 11.0. The maximum Gasteiger partial charge on any atom is 0.224 e. The van der Waals surface area contributed by atoms with Gasteiger partial charge in [-0.2, -0.15) is 0 Å². The molecule has 10 heteroatoms. The topological polar surface area (TPSA) is 85.9 Å². The Morgan fingerprint density at radius 2 is 1.95 bits per heavy atom. The molecule has 0 radical (unpaired) electrons. The summed E-state index contributed by atoms with van der Waals surface area (Å²) in [5, 5.41) is 7.68. The first-order valence-corrected chi connectivity index (χ1v) is 14.0. The van der Waals surface area contributed by atoms with Gasteiger partial charge in [0.05, 0.1) is 30.0 Å². The van der Waals surface area contributed by atoms with Gasteiger partial charge in [0.15, 0.2) is 0 Å². The molecule has 198 valence electrons. The highest BCUT2D eigenvalue weighted by Crippen LogP contribution is 2.38. The first-order chi connectivity index (χ1) is 18.0. The van der Waals surface area contributed by atoms with Gasteiger partial charge in [-0.15, -0.1) is 11.3 Å². The lowest BCUT2D eigenvalue weighted by atomic mass is 10.0. The summed E-state index contributed by atoms with van der Waals surface area (Å²) in [6.07, 6.45) is 4.27. The Morgan fingerprint density at radius 3 is 2.73 bits per heavy atom. The number of fused-ring (bicyclic) bond motifs is 3. The van der Waals surface area contributed by atoms with Crippen LogP contribution in [0.2, 0.25) is 0 Å². The second-order valence-electron chi connectivity index (χ2n) is 9.89. The molecule has 1 fully saturated rings. The van der Waals surface area contributed by atoms with Gasteiger partial charge >= 0.3 is 0 Å². The van der Waals surface area contributed by atoms with Crippen molar-refractivity contribution in [2.24, 2.45) is 0 Å². The number of amides is 1. The number of benzene rings is 1. The summed E-state index contributed by atoms with van der Waals surface area (Å²) < 4.78 is 5.47. The van der Waals surface area contributed by atoms with Gasteiger partial charge in [0.25, 0.3) is 0 Å². The van der Waals surface area contributed by atoms with Crippen LogP contribution in [-0.4, -0.2) is 85.7 Å². The second kappa shape index (κ2) is 11.7. The summed E-state index contributed by atoms with van der Waals surface area (Å²) in [6, 6.07) is 6.02. The maximum atomic E-state index is 12.1.